The third-order valence-corrected chi connectivity index (χ3v) is 8.20. The molecule has 0 saturated carbocycles. The van der Waals surface area contributed by atoms with Crippen molar-refractivity contribution in [2.24, 2.45) is 0 Å². The van der Waals surface area contributed by atoms with Gasteiger partial charge in [-0.05, 0) is 43.7 Å². The van der Waals surface area contributed by atoms with E-state index in [1.54, 1.807) is 14.2 Å². The molecule has 0 spiro atoms. The van der Waals surface area contributed by atoms with Gasteiger partial charge >= 0.3 is 21.2 Å². The number of methoxy groups -OCH3 is 2. The number of rotatable bonds is 14. The average Bonchev–Trinajstić information content (AvgIpc) is 2.74. The van der Waals surface area contributed by atoms with Crippen LogP contribution in [-0.4, -0.2) is 20.8 Å². The van der Waals surface area contributed by atoms with Crippen molar-refractivity contribution in [2.45, 2.75) is 65.2 Å². The average molecular weight is 511 g/mol. The van der Waals surface area contributed by atoms with E-state index in [2.05, 4.69) is 44.2 Å². The fraction of sp³-hybridized carbons (Fsp3) is 0.520. The molecule has 0 amide bonds. The second kappa shape index (κ2) is 13.7. The third-order valence-electron chi connectivity index (χ3n) is 4.93. The van der Waals surface area contributed by atoms with Gasteiger partial charge in [0.1, 0.15) is 11.5 Å². The minimum atomic E-state index is -0.317. The molecule has 0 atom stereocenters. The zero-order valence-corrected chi connectivity index (χ0v) is 20.6. The number of hydrogen-bond donors (Lipinski definition) is 0. The molecule has 0 radical (unpaired) electrons. The van der Waals surface area contributed by atoms with Crippen molar-refractivity contribution in [3.63, 3.8) is 0 Å². The normalized spacial score (nSPS) is 10.8. The molecule has 2 aromatic rings. The number of hydrogen-bond acceptors (Lipinski definition) is 3. The molecule has 4 heteroatoms. The van der Waals surface area contributed by atoms with Gasteiger partial charge in [0.25, 0.3) is 0 Å². The lowest BCUT2D eigenvalue weighted by atomic mass is 10.1. The van der Waals surface area contributed by atoms with Gasteiger partial charge in [-0.15, -0.1) is 0 Å². The Morgan fingerprint density at radius 3 is 2.03 bits per heavy atom. The molecule has 29 heavy (non-hydrogen) atoms. The summed E-state index contributed by atoms with van der Waals surface area (Å²) < 4.78 is 19.5. The first-order valence-electron chi connectivity index (χ1n) is 10.8. The molecule has 0 N–H and O–H groups in total. The monoisotopic (exact) mass is 511 g/mol. The van der Waals surface area contributed by atoms with E-state index in [-0.39, 0.29) is 21.2 Å². The molecular formula is C25H36IO3+. The van der Waals surface area contributed by atoms with E-state index in [4.69, 9.17) is 14.2 Å². The summed E-state index contributed by atoms with van der Waals surface area (Å²) in [5.41, 5.74) is 1.23. The van der Waals surface area contributed by atoms with E-state index in [1.807, 2.05) is 6.07 Å². The predicted molar refractivity (Wildman–Crippen MR) is 116 cm³/mol. The van der Waals surface area contributed by atoms with Crippen LogP contribution in [0.3, 0.4) is 0 Å². The van der Waals surface area contributed by atoms with E-state index in [9.17, 15) is 0 Å². The Morgan fingerprint density at radius 2 is 1.41 bits per heavy atom. The van der Waals surface area contributed by atoms with Crippen LogP contribution in [0.15, 0.2) is 36.4 Å². The second-order valence-electron chi connectivity index (χ2n) is 7.33. The highest BCUT2D eigenvalue weighted by atomic mass is 127. The summed E-state index contributed by atoms with van der Waals surface area (Å²) in [4.78, 5) is 0. The van der Waals surface area contributed by atoms with E-state index >= 15 is 0 Å². The number of unbranched alkanes of at least 4 members (excludes halogenated alkanes) is 7. The molecule has 0 unspecified atom stereocenters. The maximum Gasteiger partial charge on any atom is 0.362 e. The van der Waals surface area contributed by atoms with Crippen molar-refractivity contribution < 1.29 is 35.4 Å². The first-order chi connectivity index (χ1) is 14.2. The van der Waals surface area contributed by atoms with Crippen LogP contribution in [-0.2, 0) is 0 Å². The summed E-state index contributed by atoms with van der Waals surface area (Å²) in [5.74, 6) is 2.74. The molecule has 0 fully saturated rings. The quantitative estimate of drug-likeness (QED) is 0.286. The van der Waals surface area contributed by atoms with Crippen LogP contribution >= 0.6 is 0 Å². The highest BCUT2D eigenvalue weighted by molar-refractivity contribution is 5.37. The minimum Gasteiger partial charge on any atom is -0.497 e. The van der Waals surface area contributed by atoms with Crippen molar-refractivity contribution in [1.82, 2.24) is 0 Å². The van der Waals surface area contributed by atoms with Crippen molar-refractivity contribution in [1.29, 1.82) is 0 Å². The van der Waals surface area contributed by atoms with E-state index in [1.165, 1.54) is 57.6 Å². The van der Waals surface area contributed by atoms with Crippen molar-refractivity contribution in [3.8, 4) is 17.2 Å². The van der Waals surface area contributed by atoms with Gasteiger partial charge < -0.3 is 14.2 Å². The summed E-state index contributed by atoms with van der Waals surface area (Å²) in [5, 5.41) is 0. The summed E-state index contributed by atoms with van der Waals surface area (Å²) in [6.07, 6.45) is 10.6. The van der Waals surface area contributed by atoms with Gasteiger partial charge in [0.05, 0.1) is 20.8 Å². The first kappa shape index (κ1) is 23.8. The largest absolute Gasteiger partial charge is 0.497 e. The first-order valence-corrected chi connectivity index (χ1v) is 12.9. The van der Waals surface area contributed by atoms with Crippen LogP contribution in [0, 0.1) is 14.1 Å². The number of ether oxygens (including phenoxy) is 3. The van der Waals surface area contributed by atoms with E-state index in [0.29, 0.717) is 0 Å². The Morgan fingerprint density at radius 1 is 0.759 bits per heavy atom. The SMILES string of the molecule is CCCCCCCCCCOc1ccc([I+]c2c(C)cc(OC)cc2OC)cc1. The minimum absolute atomic E-state index is 0.317. The molecule has 0 aliphatic heterocycles. The Labute approximate surface area is 187 Å². The van der Waals surface area contributed by atoms with Gasteiger partial charge in [0, 0.05) is 11.6 Å². The van der Waals surface area contributed by atoms with Crippen molar-refractivity contribution >= 4 is 0 Å². The van der Waals surface area contributed by atoms with Crippen LogP contribution in [0.4, 0.5) is 0 Å². The predicted octanol–water partition coefficient (Wildman–Crippen LogP) is 3.66. The number of halogens is 1. The summed E-state index contributed by atoms with van der Waals surface area (Å²) in [7, 11) is 3.42. The lowest BCUT2D eigenvalue weighted by Gasteiger charge is -2.07. The molecule has 2 rings (SSSR count). The molecular weight excluding hydrogens is 475 g/mol. The van der Waals surface area contributed by atoms with Crippen LogP contribution in [0.5, 0.6) is 17.2 Å². The maximum atomic E-state index is 5.93. The lowest BCUT2D eigenvalue weighted by Crippen LogP contribution is -3.61. The Hall–Kier alpha value is -1.43. The van der Waals surface area contributed by atoms with Crippen molar-refractivity contribution in [3.05, 3.63) is 49.1 Å². The third kappa shape index (κ3) is 8.45. The highest BCUT2D eigenvalue weighted by Gasteiger charge is 2.25. The smallest absolute Gasteiger partial charge is 0.362 e. The van der Waals surface area contributed by atoms with E-state index in [0.717, 1.165) is 30.3 Å². The van der Waals surface area contributed by atoms with Gasteiger partial charge in [0.15, 0.2) is 9.32 Å². The van der Waals surface area contributed by atoms with Gasteiger partial charge in [-0.1, -0.05) is 51.9 Å². The lowest BCUT2D eigenvalue weighted by molar-refractivity contribution is -0.598. The standard InChI is InChI=1S/C25H36IO3/c1-5-6-7-8-9-10-11-12-17-29-22-15-13-21(14-16-22)26-25-20(2)18-23(27-3)19-24(25)28-4/h13-16,18-19H,5-12,17H2,1-4H3/q+1. The Balaban J connectivity index is 1.76. The molecule has 0 aliphatic rings. The summed E-state index contributed by atoms with van der Waals surface area (Å²) >= 11 is -0.317. The second-order valence-corrected chi connectivity index (χ2v) is 10.2. The molecule has 2 aromatic carbocycles. The maximum absolute atomic E-state index is 5.93. The van der Waals surface area contributed by atoms with Crippen LogP contribution in [0.25, 0.3) is 0 Å². The summed E-state index contributed by atoms with van der Waals surface area (Å²) in [6, 6.07) is 12.7. The number of benzene rings is 2. The fourth-order valence-electron chi connectivity index (χ4n) is 3.22. The Kier molecular flexibility index (Phi) is 11.3. The van der Waals surface area contributed by atoms with Gasteiger partial charge in [-0.2, -0.15) is 0 Å². The molecule has 0 aromatic heterocycles. The molecule has 0 bridgehead atoms. The number of aryl methyl sites for hydroxylation is 1. The molecule has 0 saturated heterocycles. The van der Waals surface area contributed by atoms with Gasteiger partial charge in [0.2, 0.25) is 3.57 Å². The van der Waals surface area contributed by atoms with E-state index < -0.39 is 0 Å². The van der Waals surface area contributed by atoms with Crippen molar-refractivity contribution in [2.75, 3.05) is 20.8 Å². The molecule has 0 aliphatic carbocycles. The zero-order valence-electron chi connectivity index (χ0n) is 18.4. The van der Waals surface area contributed by atoms with Crippen LogP contribution < -0.4 is 35.4 Å². The zero-order chi connectivity index (χ0) is 20.9. The highest BCUT2D eigenvalue weighted by Crippen LogP contribution is 2.22. The molecule has 3 nitrogen and oxygen atoms in total. The van der Waals surface area contributed by atoms with Crippen LogP contribution in [0.1, 0.15) is 63.9 Å². The fourth-order valence-corrected chi connectivity index (χ4v) is 5.79. The van der Waals surface area contributed by atoms with Gasteiger partial charge in [-0.3, -0.25) is 0 Å². The molecule has 160 valence electrons. The summed E-state index contributed by atoms with van der Waals surface area (Å²) in [6.45, 7) is 5.21. The Bertz CT molecular complexity index is 713. The topological polar surface area (TPSA) is 27.7 Å². The molecule has 0 heterocycles. The van der Waals surface area contributed by atoms with Gasteiger partial charge in [-0.25, -0.2) is 0 Å². The van der Waals surface area contributed by atoms with Crippen LogP contribution in [0.2, 0.25) is 0 Å².